The molecule has 1 atom stereocenters. The van der Waals surface area contributed by atoms with Crippen LogP contribution >= 0.6 is 0 Å². The van der Waals surface area contributed by atoms with E-state index in [-0.39, 0.29) is 17.1 Å². The summed E-state index contributed by atoms with van der Waals surface area (Å²) < 4.78 is 27.9. The summed E-state index contributed by atoms with van der Waals surface area (Å²) in [5.74, 6) is -0.186. The van der Waals surface area contributed by atoms with Crippen LogP contribution in [0.25, 0.3) is 0 Å². The number of carbonyl (C=O) groups is 2. The van der Waals surface area contributed by atoms with Crippen LogP contribution < -0.4 is 5.32 Å². The molecule has 128 valence electrons. The molecule has 1 rings (SSSR count). The largest absolute Gasteiger partial charge is 0.444 e. The third-order valence-corrected chi connectivity index (χ3v) is 3.99. The molecule has 23 heavy (non-hydrogen) atoms. The Morgan fingerprint density at radius 3 is 2.13 bits per heavy atom. The van der Waals surface area contributed by atoms with Crippen molar-refractivity contribution < 1.29 is 22.7 Å². The Hall–Kier alpha value is -1.89. The van der Waals surface area contributed by atoms with E-state index in [1.165, 1.54) is 24.3 Å². The Bertz CT molecular complexity index is 671. The van der Waals surface area contributed by atoms with Crippen LogP contribution in [0, 0.1) is 0 Å². The van der Waals surface area contributed by atoms with Crippen molar-refractivity contribution in [3.8, 4) is 0 Å². The summed E-state index contributed by atoms with van der Waals surface area (Å²) in [6.45, 7) is 6.97. The Balaban J connectivity index is 2.64. The van der Waals surface area contributed by atoms with Crippen molar-refractivity contribution >= 4 is 21.7 Å². The summed E-state index contributed by atoms with van der Waals surface area (Å²) in [5.41, 5.74) is -0.204. The first-order chi connectivity index (χ1) is 10.4. The van der Waals surface area contributed by atoms with Crippen LogP contribution in [0.4, 0.5) is 4.79 Å². The fourth-order valence-electron chi connectivity index (χ4n) is 1.84. The average molecular weight is 341 g/mol. The van der Waals surface area contributed by atoms with Crippen molar-refractivity contribution in [1.82, 2.24) is 5.32 Å². The molecule has 0 fully saturated rings. The minimum absolute atomic E-state index is 0.0947. The first kappa shape index (κ1) is 19.2. The molecule has 0 saturated heterocycles. The molecule has 0 bridgehead atoms. The van der Waals surface area contributed by atoms with Crippen molar-refractivity contribution in [2.45, 2.75) is 50.7 Å². The SMILES string of the molecule is CC(CC(=O)c1ccc(S(C)(=O)=O)cc1)NC(=O)OC(C)(C)C. The number of rotatable bonds is 5. The van der Waals surface area contributed by atoms with Gasteiger partial charge in [0.05, 0.1) is 4.90 Å². The third kappa shape index (κ3) is 6.81. The van der Waals surface area contributed by atoms with Crippen LogP contribution in [0.5, 0.6) is 0 Å². The second-order valence-corrected chi connectivity index (χ2v) is 8.49. The van der Waals surface area contributed by atoms with E-state index in [0.29, 0.717) is 5.56 Å². The summed E-state index contributed by atoms with van der Waals surface area (Å²) in [6.07, 6.45) is 0.624. The van der Waals surface area contributed by atoms with Crippen molar-refractivity contribution in [2.24, 2.45) is 0 Å². The first-order valence-electron chi connectivity index (χ1n) is 7.21. The molecule has 1 N–H and O–H groups in total. The predicted octanol–water partition coefficient (Wildman–Crippen LogP) is 2.58. The maximum absolute atomic E-state index is 12.1. The van der Waals surface area contributed by atoms with Crippen molar-refractivity contribution in [1.29, 1.82) is 0 Å². The number of Topliss-reactive ketones (excluding diaryl/α,β-unsaturated/α-hetero) is 1. The van der Waals surface area contributed by atoms with Gasteiger partial charge >= 0.3 is 6.09 Å². The molecule has 0 aliphatic heterocycles. The summed E-state index contributed by atoms with van der Waals surface area (Å²) in [4.78, 5) is 23.9. The highest BCUT2D eigenvalue weighted by Gasteiger charge is 2.19. The van der Waals surface area contributed by atoms with E-state index < -0.39 is 27.6 Å². The van der Waals surface area contributed by atoms with E-state index in [1.807, 2.05) is 0 Å². The van der Waals surface area contributed by atoms with Gasteiger partial charge in [-0.1, -0.05) is 12.1 Å². The standard InChI is InChI=1S/C16H23NO5S/c1-11(17-15(19)22-16(2,3)4)10-14(18)12-6-8-13(9-7-12)23(5,20)21/h6-9,11H,10H2,1-5H3,(H,17,19). The van der Waals surface area contributed by atoms with E-state index >= 15 is 0 Å². The fraction of sp³-hybridized carbons (Fsp3) is 0.500. The lowest BCUT2D eigenvalue weighted by Crippen LogP contribution is -2.38. The number of hydrogen-bond acceptors (Lipinski definition) is 5. The monoisotopic (exact) mass is 341 g/mol. The van der Waals surface area contributed by atoms with E-state index in [9.17, 15) is 18.0 Å². The summed E-state index contributed by atoms with van der Waals surface area (Å²) in [7, 11) is -3.29. The molecule has 7 heteroatoms. The molecule has 0 aromatic heterocycles. The van der Waals surface area contributed by atoms with E-state index in [1.54, 1.807) is 27.7 Å². The van der Waals surface area contributed by atoms with Gasteiger partial charge in [0.1, 0.15) is 5.60 Å². The topological polar surface area (TPSA) is 89.5 Å². The molecule has 1 aromatic rings. The Morgan fingerprint density at radius 2 is 1.70 bits per heavy atom. The zero-order chi connectivity index (χ0) is 17.8. The second-order valence-electron chi connectivity index (χ2n) is 6.47. The maximum atomic E-state index is 12.1. The minimum atomic E-state index is -3.29. The number of amides is 1. The van der Waals surface area contributed by atoms with Gasteiger partial charge in [-0.2, -0.15) is 0 Å². The number of hydrogen-bond donors (Lipinski definition) is 1. The second kappa shape index (κ2) is 7.12. The molecule has 0 heterocycles. The summed E-state index contributed by atoms with van der Waals surface area (Å²) in [5, 5.41) is 2.59. The van der Waals surface area contributed by atoms with Crippen LogP contribution in [0.15, 0.2) is 29.2 Å². The normalized spacial score (nSPS) is 13.3. The van der Waals surface area contributed by atoms with Gasteiger partial charge in [-0.05, 0) is 39.8 Å². The fourth-order valence-corrected chi connectivity index (χ4v) is 2.47. The van der Waals surface area contributed by atoms with E-state index in [2.05, 4.69) is 5.32 Å². The molecule has 1 unspecified atom stereocenters. The molecule has 0 saturated carbocycles. The number of ether oxygens (including phenoxy) is 1. The third-order valence-electron chi connectivity index (χ3n) is 2.86. The number of alkyl carbamates (subject to hydrolysis) is 1. The molecule has 0 radical (unpaired) electrons. The van der Waals surface area contributed by atoms with E-state index in [4.69, 9.17) is 4.74 Å². The van der Waals surface area contributed by atoms with Gasteiger partial charge in [-0.15, -0.1) is 0 Å². The number of sulfone groups is 1. The number of ketones is 1. The quantitative estimate of drug-likeness (QED) is 0.831. The van der Waals surface area contributed by atoms with Crippen LogP contribution in [0.2, 0.25) is 0 Å². The zero-order valence-corrected chi connectivity index (χ0v) is 14.9. The highest BCUT2D eigenvalue weighted by molar-refractivity contribution is 7.90. The van der Waals surface area contributed by atoms with Gasteiger partial charge in [0.2, 0.25) is 0 Å². The van der Waals surface area contributed by atoms with Crippen LogP contribution in [0.3, 0.4) is 0 Å². The molecule has 0 aliphatic carbocycles. The number of carbonyl (C=O) groups excluding carboxylic acids is 2. The van der Waals surface area contributed by atoms with Crippen LogP contribution in [-0.2, 0) is 14.6 Å². The Morgan fingerprint density at radius 1 is 1.17 bits per heavy atom. The highest BCUT2D eigenvalue weighted by Crippen LogP contribution is 2.13. The molecular formula is C16H23NO5S. The zero-order valence-electron chi connectivity index (χ0n) is 14.0. The Labute approximate surface area is 137 Å². The molecule has 0 aliphatic rings. The van der Waals surface area contributed by atoms with Gasteiger partial charge < -0.3 is 10.1 Å². The van der Waals surface area contributed by atoms with Gasteiger partial charge in [0.25, 0.3) is 0 Å². The summed E-state index contributed by atoms with van der Waals surface area (Å²) in [6, 6.07) is 5.34. The summed E-state index contributed by atoms with van der Waals surface area (Å²) >= 11 is 0. The van der Waals surface area contributed by atoms with Gasteiger partial charge in [0.15, 0.2) is 15.6 Å². The highest BCUT2D eigenvalue weighted by atomic mass is 32.2. The Kier molecular flexibility index (Phi) is 5.93. The average Bonchev–Trinajstić information content (AvgIpc) is 2.35. The number of benzene rings is 1. The molecule has 1 aromatic carbocycles. The van der Waals surface area contributed by atoms with Crippen molar-refractivity contribution in [2.75, 3.05) is 6.26 Å². The lowest BCUT2D eigenvalue weighted by molar-refractivity contribution is 0.0506. The first-order valence-corrected chi connectivity index (χ1v) is 9.10. The van der Waals surface area contributed by atoms with Crippen molar-refractivity contribution in [3.05, 3.63) is 29.8 Å². The molecule has 0 spiro atoms. The minimum Gasteiger partial charge on any atom is -0.444 e. The molecule has 6 nitrogen and oxygen atoms in total. The van der Waals surface area contributed by atoms with Crippen LogP contribution in [0.1, 0.15) is 44.5 Å². The molecule has 1 amide bonds. The van der Waals surface area contributed by atoms with Gasteiger partial charge in [0, 0.05) is 24.3 Å². The molecular weight excluding hydrogens is 318 g/mol. The van der Waals surface area contributed by atoms with Crippen molar-refractivity contribution in [3.63, 3.8) is 0 Å². The number of nitrogens with one attached hydrogen (secondary N) is 1. The van der Waals surface area contributed by atoms with Gasteiger partial charge in [-0.3, -0.25) is 4.79 Å². The lowest BCUT2D eigenvalue weighted by atomic mass is 10.0. The smallest absolute Gasteiger partial charge is 0.407 e. The van der Waals surface area contributed by atoms with Gasteiger partial charge in [-0.25, -0.2) is 13.2 Å². The maximum Gasteiger partial charge on any atom is 0.407 e. The van der Waals surface area contributed by atoms with E-state index in [0.717, 1.165) is 6.26 Å². The van der Waals surface area contributed by atoms with Crippen LogP contribution in [-0.4, -0.2) is 38.2 Å². The lowest BCUT2D eigenvalue weighted by Gasteiger charge is -2.21. The predicted molar refractivity (Wildman–Crippen MR) is 87.3 cm³/mol.